The van der Waals surface area contributed by atoms with Gasteiger partial charge in [0.2, 0.25) is 0 Å². The van der Waals surface area contributed by atoms with E-state index < -0.39 is 34.5 Å². The number of aromatic carboxylic acids is 1. The minimum absolute atomic E-state index is 0.0436. The van der Waals surface area contributed by atoms with E-state index in [1.165, 1.54) is 18.2 Å². The van der Waals surface area contributed by atoms with Crippen molar-refractivity contribution >= 4 is 11.8 Å². The van der Waals surface area contributed by atoms with Crippen LogP contribution >= 0.6 is 0 Å². The second kappa shape index (κ2) is 7.48. The SMILES string of the molecule is CN1CCC(C(=O)c2cccc(-c3c(F)cc(F)c(C(=O)O)c3F)n2)CC1. The quantitative estimate of drug-likeness (QED) is 0.826. The van der Waals surface area contributed by atoms with Gasteiger partial charge in [0.25, 0.3) is 0 Å². The summed E-state index contributed by atoms with van der Waals surface area (Å²) in [6.45, 7) is 1.53. The molecule has 1 aromatic carbocycles. The van der Waals surface area contributed by atoms with Crippen molar-refractivity contribution in [2.75, 3.05) is 20.1 Å². The summed E-state index contributed by atoms with van der Waals surface area (Å²) in [7, 11) is 1.96. The first-order valence-corrected chi connectivity index (χ1v) is 8.40. The summed E-state index contributed by atoms with van der Waals surface area (Å²) in [5.41, 5.74) is -2.25. The summed E-state index contributed by atoms with van der Waals surface area (Å²) in [4.78, 5) is 29.9. The number of piperidine rings is 1. The Labute approximate surface area is 153 Å². The Balaban J connectivity index is 2.00. The van der Waals surface area contributed by atoms with Gasteiger partial charge in [-0.2, -0.15) is 0 Å². The fraction of sp³-hybridized carbons (Fsp3) is 0.316. The zero-order valence-electron chi connectivity index (χ0n) is 14.5. The summed E-state index contributed by atoms with van der Waals surface area (Å²) in [6.07, 6.45) is 1.31. The van der Waals surface area contributed by atoms with E-state index in [9.17, 15) is 22.8 Å². The number of nitrogens with zero attached hydrogens (tertiary/aromatic N) is 2. The molecule has 0 radical (unpaired) electrons. The molecule has 1 fully saturated rings. The third kappa shape index (κ3) is 3.71. The monoisotopic (exact) mass is 378 g/mol. The predicted molar refractivity (Wildman–Crippen MR) is 91.1 cm³/mol. The van der Waals surface area contributed by atoms with Crippen LogP contribution in [0.2, 0.25) is 0 Å². The number of carbonyl (C=O) groups is 2. The maximum Gasteiger partial charge on any atom is 0.341 e. The molecule has 0 amide bonds. The van der Waals surface area contributed by atoms with Crippen LogP contribution in [0.4, 0.5) is 13.2 Å². The number of rotatable bonds is 4. The number of pyridine rings is 1. The number of aromatic nitrogens is 1. The average Bonchev–Trinajstić information content (AvgIpc) is 2.61. The molecule has 1 aliphatic heterocycles. The number of ketones is 1. The molecule has 0 unspecified atom stereocenters. The van der Waals surface area contributed by atoms with E-state index in [0.29, 0.717) is 18.9 Å². The molecule has 27 heavy (non-hydrogen) atoms. The lowest BCUT2D eigenvalue weighted by Crippen LogP contribution is -2.33. The highest BCUT2D eigenvalue weighted by Crippen LogP contribution is 2.30. The fourth-order valence-corrected chi connectivity index (χ4v) is 3.21. The second-order valence-corrected chi connectivity index (χ2v) is 6.56. The summed E-state index contributed by atoms with van der Waals surface area (Å²) >= 11 is 0. The van der Waals surface area contributed by atoms with Gasteiger partial charge in [0.1, 0.15) is 22.9 Å². The van der Waals surface area contributed by atoms with Gasteiger partial charge < -0.3 is 10.0 Å². The topological polar surface area (TPSA) is 70.5 Å². The molecule has 2 heterocycles. The Hall–Kier alpha value is -2.74. The Morgan fingerprint density at radius 1 is 1.15 bits per heavy atom. The lowest BCUT2D eigenvalue weighted by Gasteiger charge is -2.27. The van der Waals surface area contributed by atoms with Gasteiger partial charge in [-0.1, -0.05) is 6.07 Å². The van der Waals surface area contributed by atoms with E-state index >= 15 is 0 Å². The number of hydrogen-bond acceptors (Lipinski definition) is 4. The van der Waals surface area contributed by atoms with Gasteiger partial charge in [0.15, 0.2) is 11.6 Å². The van der Waals surface area contributed by atoms with Gasteiger partial charge in [-0.3, -0.25) is 4.79 Å². The molecule has 0 spiro atoms. The van der Waals surface area contributed by atoms with Gasteiger partial charge in [0, 0.05) is 12.0 Å². The van der Waals surface area contributed by atoms with E-state index in [1.54, 1.807) is 0 Å². The molecule has 0 saturated carbocycles. The van der Waals surface area contributed by atoms with Crippen molar-refractivity contribution in [3.8, 4) is 11.3 Å². The van der Waals surface area contributed by atoms with Crippen LogP contribution in [0.15, 0.2) is 24.3 Å². The average molecular weight is 378 g/mol. The first kappa shape index (κ1) is 19.0. The number of Topliss-reactive ketones (excluding diaryl/α,β-unsaturated/α-hetero) is 1. The largest absolute Gasteiger partial charge is 0.477 e. The van der Waals surface area contributed by atoms with Crippen molar-refractivity contribution in [1.29, 1.82) is 0 Å². The summed E-state index contributed by atoms with van der Waals surface area (Å²) in [5.74, 6) is -6.68. The number of hydrogen-bond donors (Lipinski definition) is 1. The predicted octanol–water partition coefficient (Wildman–Crippen LogP) is 3.39. The summed E-state index contributed by atoms with van der Waals surface area (Å²) in [5, 5.41) is 8.96. The molecule has 1 aromatic heterocycles. The molecule has 1 N–H and O–H groups in total. The number of carboxylic acids is 1. The molecule has 0 atom stereocenters. The molecule has 1 saturated heterocycles. The van der Waals surface area contributed by atoms with Crippen LogP contribution in [-0.2, 0) is 0 Å². The minimum Gasteiger partial charge on any atom is -0.477 e. The Kier molecular flexibility index (Phi) is 5.27. The third-order valence-electron chi connectivity index (χ3n) is 4.73. The van der Waals surface area contributed by atoms with Crippen molar-refractivity contribution < 1.29 is 27.9 Å². The van der Waals surface area contributed by atoms with Crippen LogP contribution in [-0.4, -0.2) is 46.9 Å². The van der Waals surface area contributed by atoms with Gasteiger partial charge >= 0.3 is 5.97 Å². The van der Waals surface area contributed by atoms with Crippen molar-refractivity contribution in [3.63, 3.8) is 0 Å². The summed E-state index contributed by atoms with van der Waals surface area (Å²) < 4.78 is 42.2. The molecular formula is C19H17F3N2O3. The van der Waals surface area contributed by atoms with Crippen LogP contribution in [0.1, 0.15) is 33.7 Å². The highest BCUT2D eigenvalue weighted by atomic mass is 19.1. The highest BCUT2D eigenvalue weighted by molar-refractivity contribution is 5.97. The summed E-state index contributed by atoms with van der Waals surface area (Å²) in [6, 6.07) is 4.40. The Bertz CT molecular complexity index is 909. The van der Waals surface area contributed by atoms with E-state index in [0.717, 1.165) is 13.1 Å². The minimum atomic E-state index is -1.86. The van der Waals surface area contributed by atoms with Crippen LogP contribution in [0.3, 0.4) is 0 Å². The lowest BCUT2D eigenvalue weighted by molar-refractivity contribution is 0.0686. The molecule has 5 nitrogen and oxygen atoms in total. The van der Waals surface area contributed by atoms with Crippen molar-refractivity contribution in [3.05, 3.63) is 53.0 Å². The third-order valence-corrected chi connectivity index (χ3v) is 4.73. The van der Waals surface area contributed by atoms with Gasteiger partial charge in [-0.15, -0.1) is 0 Å². The van der Waals surface area contributed by atoms with Gasteiger partial charge in [-0.25, -0.2) is 22.9 Å². The maximum absolute atomic E-state index is 14.5. The maximum atomic E-state index is 14.5. The van der Waals surface area contributed by atoms with Crippen LogP contribution < -0.4 is 0 Å². The standard InChI is InChI=1S/C19H17F3N2O3/c1-24-7-5-10(6-8-24)18(25)14-4-2-3-13(23-14)15-11(20)9-12(21)16(17(15)22)19(26)27/h2-4,9-10H,5-8H2,1H3,(H,26,27). The van der Waals surface area contributed by atoms with E-state index in [-0.39, 0.29) is 23.1 Å². The smallest absolute Gasteiger partial charge is 0.341 e. The van der Waals surface area contributed by atoms with Crippen molar-refractivity contribution in [1.82, 2.24) is 9.88 Å². The fourth-order valence-electron chi connectivity index (χ4n) is 3.21. The number of halogens is 3. The highest BCUT2D eigenvalue weighted by Gasteiger charge is 2.28. The number of likely N-dealkylation sites (tertiary alicyclic amines) is 1. The van der Waals surface area contributed by atoms with E-state index in [1.807, 2.05) is 7.05 Å². The molecular weight excluding hydrogens is 361 g/mol. The van der Waals surface area contributed by atoms with Crippen LogP contribution in [0, 0.1) is 23.4 Å². The lowest BCUT2D eigenvalue weighted by atomic mass is 9.91. The number of benzene rings is 1. The number of carbonyl (C=O) groups excluding carboxylic acids is 1. The van der Waals surface area contributed by atoms with E-state index in [2.05, 4.69) is 9.88 Å². The molecule has 142 valence electrons. The number of carboxylic acid groups (broad SMARTS) is 1. The Morgan fingerprint density at radius 2 is 1.81 bits per heavy atom. The van der Waals surface area contributed by atoms with E-state index in [4.69, 9.17) is 5.11 Å². The zero-order valence-corrected chi connectivity index (χ0v) is 14.5. The van der Waals surface area contributed by atoms with Crippen LogP contribution in [0.5, 0.6) is 0 Å². The molecule has 3 rings (SSSR count). The molecule has 2 aromatic rings. The molecule has 1 aliphatic rings. The van der Waals surface area contributed by atoms with Crippen LogP contribution in [0.25, 0.3) is 11.3 Å². The van der Waals surface area contributed by atoms with Crippen molar-refractivity contribution in [2.45, 2.75) is 12.8 Å². The van der Waals surface area contributed by atoms with Crippen molar-refractivity contribution in [2.24, 2.45) is 5.92 Å². The first-order valence-electron chi connectivity index (χ1n) is 8.40. The zero-order chi connectivity index (χ0) is 19.7. The first-order chi connectivity index (χ1) is 12.8. The molecule has 0 aliphatic carbocycles. The van der Waals surface area contributed by atoms with Gasteiger partial charge in [0.05, 0.1) is 11.3 Å². The van der Waals surface area contributed by atoms with Gasteiger partial charge in [-0.05, 0) is 45.1 Å². The second-order valence-electron chi connectivity index (χ2n) is 6.56. The molecule has 8 heteroatoms. The molecule has 0 bridgehead atoms. The Morgan fingerprint density at radius 3 is 2.44 bits per heavy atom. The normalized spacial score (nSPS) is 15.7.